The molecule has 3 heteroatoms. The lowest BCUT2D eigenvalue weighted by Gasteiger charge is -2.21. The summed E-state index contributed by atoms with van der Waals surface area (Å²) < 4.78 is 3.06. The number of H-pyrrole nitrogens is 1. The van der Waals surface area contributed by atoms with Gasteiger partial charge < -0.3 is 9.55 Å². The van der Waals surface area contributed by atoms with Crippen LogP contribution in [0.2, 0.25) is 0 Å². The first-order valence-corrected chi connectivity index (χ1v) is 6.42. The van der Waals surface area contributed by atoms with E-state index in [0.717, 1.165) is 17.2 Å². The van der Waals surface area contributed by atoms with Crippen LogP contribution in [0.3, 0.4) is 0 Å². The highest BCUT2D eigenvalue weighted by molar-refractivity contribution is 7.71. The van der Waals surface area contributed by atoms with E-state index in [0.29, 0.717) is 0 Å². The average Bonchev–Trinajstić information content (AvgIpc) is 2.56. The van der Waals surface area contributed by atoms with Gasteiger partial charge in [0.05, 0.1) is 0 Å². The maximum absolute atomic E-state index is 5.25. The van der Waals surface area contributed by atoms with E-state index in [1.807, 2.05) is 0 Å². The Balaban J connectivity index is 1.87. The molecule has 15 heavy (non-hydrogen) atoms. The van der Waals surface area contributed by atoms with Crippen LogP contribution < -0.4 is 0 Å². The van der Waals surface area contributed by atoms with Crippen molar-refractivity contribution in [2.75, 3.05) is 0 Å². The second-order valence-electron chi connectivity index (χ2n) is 4.73. The van der Waals surface area contributed by atoms with Crippen LogP contribution in [0.4, 0.5) is 0 Å². The summed E-state index contributed by atoms with van der Waals surface area (Å²) in [5, 5.41) is 0. The van der Waals surface area contributed by atoms with Crippen molar-refractivity contribution < 1.29 is 0 Å². The molecule has 1 fully saturated rings. The lowest BCUT2D eigenvalue weighted by atomic mass is 9.87. The normalized spacial score (nSPS) is 18.2. The van der Waals surface area contributed by atoms with Gasteiger partial charge in [0.2, 0.25) is 0 Å². The van der Waals surface area contributed by atoms with Crippen molar-refractivity contribution in [3.63, 3.8) is 0 Å². The molecule has 0 saturated heterocycles. The molecule has 1 aliphatic rings. The average molecular weight is 224 g/mol. The molecule has 0 atom stereocenters. The van der Waals surface area contributed by atoms with E-state index in [-0.39, 0.29) is 0 Å². The minimum atomic E-state index is 0.878. The minimum absolute atomic E-state index is 0.878. The van der Waals surface area contributed by atoms with Crippen LogP contribution in [0.15, 0.2) is 6.20 Å². The molecular formula is C12H20N2S. The van der Waals surface area contributed by atoms with Gasteiger partial charge in [-0.25, -0.2) is 0 Å². The van der Waals surface area contributed by atoms with Gasteiger partial charge in [-0.15, -0.1) is 0 Å². The van der Waals surface area contributed by atoms with Crippen molar-refractivity contribution in [2.24, 2.45) is 5.92 Å². The lowest BCUT2D eigenvalue weighted by molar-refractivity contribution is 0.323. The quantitative estimate of drug-likeness (QED) is 0.774. The van der Waals surface area contributed by atoms with E-state index in [1.165, 1.54) is 44.2 Å². The molecule has 1 aliphatic carbocycles. The first kappa shape index (κ1) is 10.9. The summed E-state index contributed by atoms with van der Waals surface area (Å²) in [4.78, 5) is 3.17. The predicted molar refractivity (Wildman–Crippen MR) is 65.5 cm³/mol. The number of hydrogen-bond donors (Lipinski definition) is 1. The second kappa shape index (κ2) is 4.97. The number of hydrogen-bond acceptors (Lipinski definition) is 1. The third kappa shape index (κ3) is 2.94. The van der Waals surface area contributed by atoms with Crippen molar-refractivity contribution in [1.82, 2.24) is 9.55 Å². The van der Waals surface area contributed by atoms with Crippen molar-refractivity contribution in [1.29, 1.82) is 0 Å². The van der Waals surface area contributed by atoms with Gasteiger partial charge in [0.25, 0.3) is 0 Å². The number of aromatic amines is 1. The fraction of sp³-hybridized carbons (Fsp3) is 0.750. The summed E-state index contributed by atoms with van der Waals surface area (Å²) in [6.07, 6.45) is 10.6. The third-order valence-electron chi connectivity index (χ3n) is 3.42. The molecule has 0 amide bonds. The molecule has 0 bridgehead atoms. The van der Waals surface area contributed by atoms with E-state index in [9.17, 15) is 0 Å². The Hall–Kier alpha value is -0.570. The van der Waals surface area contributed by atoms with Gasteiger partial charge in [0, 0.05) is 18.4 Å². The van der Waals surface area contributed by atoms with Gasteiger partial charge in [-0.1, -0.05) is 32.1 Å². The van der Waals surface area contributed by atoms with Gasteiger partial charge in [0.1, 0.15) is 0 Å². The lowest BCUT2D eigenvalue weighted by Crippen LogP contribution is -2.09. The van der Waals surface area contributed by atoms with E-state index < -0.39 is 0 Å². The number of nitrogens with one attached hydrogen (secondary N) is 1. The summed E-state index contributed by atoms with van der Waals surface area (Å²) >= 11 is 5.25. The van der Waals surface area contributed by atoms with E-state index in [1.54, 1.807) is 0 Å². The van der Waals surface area contributed by atoms with Crippen LogP contribution in [-0.4, -0.2) is 9.55 Å². The zero-order valence-corrected chi connectivity index (χ0v) is 10.3. The fourth-order valence-corrected chi connectivity index (χ4v) is 2.83. The number of aromatic nitrogens is 2. The number of imidazole rings is 1. The van der Waals surface area contributed by atoms with Gasteiger partial charge in [0.15, 0.2) is 4.77 Å². The number of rotatable bonds is 3. The standard InChI is InChI=1S/C12H20N2S/c1-10-9-14(12(15)13-10)8-7-11-5-3-2-4-6-11/h9,11H,2-8H2,1H3,(H,13,15). The molecule has 0 unspecified atom stereocenters. The predicted octanol–water partition coefficient (Wildman–Crippen LogP) is 3.82. The summed E-state index contributed by atoms with van der Waals surface area (Å²) in [5.41, 5.74) is 1.17. The molecule has 0 aromatic carbocycles. The summed E-state index contributed by atoms with van der Waals surface area (Å²) in [6, 6.07) is 0. The van der Waals surface area contributed by atoms with E-state index in [2.05, 4.69) is 22.7 Å². The molecule has 0 radical (unpaired) electrons. The Bertz CT molecular complexity index is 358. The smallest absolute Gasteiger partial charge is 0.177 e. The molecule has 0 spiro atoms. The topological polar surface area (TPSA) is 20.7 Å². The highest BCUT2D eigenvalue weighted by Crippen LogP contribution is 2.26. The zero-order valence-electron chi connectivity index (χ0n) is 9.46. The van der Waals surface area contributed by atoms with Crippen molar-refractivity contribution in [3.8, 4) is 0 Å². The maximum atomic E-state index is 5.25. The first-order chi connectivity index (χ1) is 7.25. The van der Waals surface area contributed by atoms with E-state index in [4.69, 9.17) is 12.2 Å². The molecule has 2 nitrogen and oxygen atoms in total. The summed E-state index contributed by atoms with van der Waals surface area (Å²) in [5.74, 6) is 0.941. The first-order valence-electron chi connectivity index (χ1n) is 6.02. The Kier molecular flexibility index (Phi) is 3.62. The Morgan fingerprint density at radius 3 is 2.73 bits per heavy atom. The Labute approximate surface area is 96.7 Å². The van der Waals surface area contributed by atoms with Crippen molar-refractivity contribution in [3.05, 3.63) is 16.7 Å². The van der Waals surface area contributed by atoms with E-state index >= 15 is 0 Å². The summed E-state index contributed by atoms with van der Waals surface area (Å²) in [6.45, 7) is 3.15. The van der Waals surface area contributed by atoms with Crippen molar-refractivity contribution in [2.45, 2.75) is 52.0 Å². The largest absolute Gasteiger partial charge is 0.335 e. The SMILES string of the molecule is Cc1cn(CCC2CCCCC2)c(=S)[nH]1. The highest BCUT2D eigenvalue weighted by Gasteiger charge is 2.13. The Morgan fingerprint density at radius 2 is 2.13 bits per heavy atom. The van der Waals surface area contributed by atoms with Gasteiger partial charge in [-0.3, -0.25) is 0 Å². The summed E-state index contributed by atoms with van der Waals surface area (Å²) in [7, 11) is 0. The van der Waals surface area contributed by atoms with Crippen LogP contribution in [0, 0.1) is 17.6 Å². The molecule has 1 aromatic heterocycles. The molecule has 1 saturated carbocycles. The van der Waals surface area contributed by atoms with Crippen LogP contribution >= 0.6 is 12.2 Å². The zero-order chi connectivity index (χ0) is 10.7. The third-order valence-corrected chi connectivity index (χ3v) is 3.75. The van der Waals surface area contributed by atoms with Crippen LogP contribution in [0.5, 0.6) is 0 Å². The Morgan fingerprint density at radius 1 is 1.40 bits per heavy atom. The van der Waals surface area contributed by atoms with Gasteiger partial charge in [-0.05, 0) is 31.5 Å². The van der Waals surface area contributed by atoms with Gasteiger partial charge >= 0.3 is 0 Å². The van der Waals surface area contributed by atoms with Crippen LogP contribution in [-0.2, 0) is 6.54 Å². The molecule has 1 aromatic rings. The molecule has 2 rings (SSSR count). The highest BCUT2D eigenvalue weighted by atomic mass is 32.1. The number of aryl methyl sites for hydroxylation is 2. The van der Waals surface area contributed by atoms with Gasteiger partial charge in [-0.2, -0.15) is 0 Å². The molecule has 1 heterocycles. The molecule has 84 valence electrons. The fourth-order valence-electron chi connectivity index (χ4n) is 2.53. The van der Waals surface area contributed by atoms with Crippen LogP contribution in [0.1, 0.15) is 44.2 Å². The van der Waals surface area contributed by atoms with Crippen LogP contribution in [0.25, 0.3) is 0 Å². The molecule has 1 N–H and O–H groups in total. The van der Waals surface area contributed by atoms with Crippen molar-refractivity contribution >= 4 is 12.2 Å². The molecule has 0 aliphatic heterocycles. The molecular weight excluding hydrogens is 204 g/mol. The number of nitrogens with zero attached hydrogens (tertiary/aromatic N) is 1. The maximum Gasteiger partial charge on any atom is 0.177 e. The monoisotopic (exact) mass is 224 g/mol. The minimum Gasteiger partial charge on any atom is -0.335 e. The second-order valence-corrected chi connectivity index (χ2v) is 5.12.